The fraction of sp³-hybridized carbons (Fsp3) is 0.829. The van der Waals surface area contributed by atoms with Crippen LogP contribution in [-0.2, 0) is 65.2 Å². The molecule has 1 N–H and O–H groups in total. The molecule has 0 saturated carbocycles. The average Bonchev–Trinajstić information content (AvgIpc) is 1.69. The Morgan fingerprint density at radius 3 is 1.64 bits per heavy atom. The van der Waals surface area contributed by atoms with Gasteiger partial charge < -0.3 is 55.7 Å². The monoisotopic (exact) mass is 1460 g/mol. The molecular weight excluding hydrogens is 1330 g/mol. The van der Waals surface area contributed by atoms with Crippen LogP contribution in [-0.4, -0.2) is 178 Å². The number of rotatable bonds is 16. The van der Waals surface area contributed by atoms with Gasteiger partial charge in [0.2, 0.25) is 0 Å². The lowest BCUT2D eigenvalue weighted by atomic mass is 9.81. The van der Waals surface area contributed by atoms with Gasteiger partial charge in [-0.15, -0.1) is 0 Å². The first-order valence-corrected chi connectivity index (χ1v) is 53.0. The van der Waals surface area contributed by atoms with Crippen LogP contribution in [0.15, 0.2) is 71.7 Å². The first-order valence-electron chi connectivity index (χ1n) is 36.9. The molecule has 5 fully saturated rings. The third-order valence-corrected chi connectivity index (χ3v) is 49.8. The molecule has 8 bridgehead atoms. The lowest BCUT2D eigenvalue weighted by molar-refractivity contribution is -0.266. The van der Waals surface area contributed by atoms with E-state index >= 15 is 13.2 Å². The van der Waals surface area contributed by atoms with Crippen molar-refractivity contribution >= 4 is 57.2 Å². The van der Waals surface area contributed by atoms with Crippen LogP contribution >= 0.6 is 0 Å². The van der Waals surface area contributed by atoms with Crippen LogP contribution in [0.1, 0.15) is 181 Å². The third kappa shape index (κ3) is 19.6. The maximum atomic E-state index is 16.5. The van der Waals surface area contributed by atoms with Crippen molar-refractivity contribution in [3.8, 4) is 0 Å². The molecule has 1 aromatic rings. The number of ether oxygens (including phenoxy) is 6. The van der Waals surface area contributed by atoms with Gasteiger partial charge in [-0.05, 0) is 171 Å². The van der Waals surface area contributed by atoms with Crippen LogP contribution in [0.25, 0.3) is 0 Å². The van der Waals surface area contributed by atoms with Crippen LogP contribution in [0.2, 0.25) is 90.7 Å². The zero-order chi connectivity index (χ0) is 73.0. The summed E-state index contributed by atoms with van der Waals surface area (Å²) in [7, 11) is -15.7. The smallest absolute Gasteiger partial charge is 0.193 e. The SMILES string of the molecule is C=C1C[C@@H]2CCC(O)/C=C/[C@H](O[Si](C)(C)C(C)(C)C)[C@@H]3O[C@H]4CC[C@H](CC(=O)C(S(=O)(=O)c5ccccc5)C5[C@H](CC6O[C@@H](CCC1O2)C[C@@H](C)C6=C)O[C@H](C[C@@H](CO[Si](C)(C)C(C)(C)C)O[Si](C)(C)C(C)(C)C)[C@@H]5OC)O[C@@H]4[C@H](O[Si](C)(C)C(C)(C)C)[C@@H]3O[Si](C)(C)C(C)(C)C. The predicted octanol–water partition coefficient (Wildman–Crippen LogP) is 17.4. The summed E-state index contributed by atoms with van der Waals surface area (Å²) >= 11 is 0. The fourth-order valence-electron chi connectivity index (χ4n) is 13.7. The Balaban J connectivity index is 1.43. The van der Waals surface area contributed by atoms with Crippen molar-refractivity contribution in [2.45, 2.75) is 380 Å². The standard InChI is InChI=1S/C76H136O15SSi5/c1-49-43-54-38-41-59-50(2)44-53(83-59)37-35-52(77)36-40-61(89-95(24,25)74(10,11)12)68-70(91-97(28,29)76(16,17)18)69(90-96(26,27)75(13,14)15)67-60(87-68)42-39-55(85-67)45-58(78)71(92(79,80)57-33-31-30-32-34-57)65-63(47-62(84-54)51(49)3)86-64(66(65)81-19)46-56(88-94(22,23)73(7,8)9)48-82-93(20,21)72(4,5)6/h30-34,36,40,49,52-56,59-71,77H,2-3,35,37-39,41-48H2,1,4-29H3/b40-36+/t49-,52?,53+,54+,55-,56+,59?,60+,61+,62?,63+,64-,65?,66+,67+,68+,69+,70-,71?/m1/s1. The van der Waals surface area contributed by atoms with E-state index < -0.39 is 148 Å². The van der Waals surface area contributed by atoms with Crippen molar-refractivity contribution in [2.24, 2.45) is 11.8 Å². The Kier molecular flexibility index (Phi) is 26.5. The van der Waals surface area contributed by atoms with Crippen LogP contribution in [0.4, 0.5) is 0 Å². The van der Waals surface area contributed by atoms with E-state index in [2.05, 4.69) is 189 Å². The molecule has 5 unspecified atom stereocenters. The van der Waals surface area contributed by atoms with Crippen molar-refractivity contribution in [3.63, 3.8) is 0 Å². The summed E-state index contributed by atoms with van der Waals surface area (Å²) in [4.78, 5) is 16.6. The molecule has 8 heterocycles. The molecule has 8 aliphatic rings. The summed E-state index contributed by atoms with van der Waals surface area (Å²) in [5.41, 5.74) is 1.94. The molecule has 0 radical (unpaired) electrons. The van der Waals surface area contributed by atoms with Gasteiger partial charge in [-0.1, -0.05) is 154 Å². The second-order valence-electron chi connectivity index (χ2n) is 37.6. The number of methoxy groups -OCH3 is 1. The first-order chi connectivity index (χ1) is 44.2. The number of aliphatic hydroxyl groups excluding tert-OH is 1. The van der Waals surface area contributed by atoms with Gasteiger partial charge in [-0.25, -0.2) is 8.42 Å². The van der Waals surface area contributed by atoms with Crippen molar-refractivity contribution in [2.75, 3.05) is 13.7 Å². The molecule has 97 heavy (non-hydrogen) atoms. The summed E-state index contributed by atoms with van der Waals surface area (Å²) in [6.07, 6.45) is -0.429. The number of Topliss-reactive ketones (excluding diaryl/α,β-unsaturated/α-hetero) is 1. The van der Waals surface area contributed by atoms with E-state index in [1.807, 2.05) is 12.2 Å². The zero-order valence-electron chi connectivity index (χ0n) is 65.5. The summed E-state index contributed by atoms with van der Waals surface area (Å²) in [5, 5.41) is 9.54. The van der Waals surface area contributed by atoms with E-state index in [1.165, 1.54) is 0 Å². The lowest BCUT2D eigenvalue weighted by Gasteiger charge is -2.56. The topological polar surface area (TPSA) is 173 Å². The molecule has 15 nitrogen and oxygen atoms in total. The Morgan fingerprint density at radius 2 is 1.08 bits per heavy atom. The highest BCUT2D eigenvalue weighted by atomic mass is 32.2. The highest BCUT2D eigenvalue weighted by Gasteiger charge is 2.61. The normalized spacial score (nSPS) is 34.1. The Morgan fingerprint density at radius 1 is 0.567 bits per heavy atom. The summed E-state index contributed by atoms with van der Waals surface area (Å²) in [5.74, 6) is -1.43. The van der Waals surface area contributed by atoms with Gasteiger partial charge in [-0.2, -0.15) is 0 Å². The molecule has 0 spiro atoms. The Bertz CT molecular complexity index is 2960. The number of benzene rings is 1. The maximum Gasteiger partial charge on any atom is 0.193 e. The zero-order valence-corrected chi connectivity index (χ0v) is 71.3. The summed E-state index contributed by atoms with van der Waals surface area (Å²) < 4.78 is 114. The van der Waals surface area contributed by atoms with Crippen molar-refractivity contribution in [1.29, 1.82) is 0 Å². The molecule has 8 aliphatic heterocycles. The second kappa shape index (κ2) is 31.0. The average molecular weight is 1460 g/mol. The summed E-state index contributed by atoms with van der Waals surface area (Å²) in [6.45, 7) is 67.7. The molecule has 19 atom stereocenters. The molecule has 556 valence electrons. The molecule has 0 amide bonds. The minimum atomic E-state index is -4.52. The van der Waals surface area contributed by atoms with E-state index in [0.29, 0.717) is 58.0 Å². The second-order valence-corrected chi connectivity index (χ2v) is 63.5. The van der Waals surface area contributed by atoms with Gasteiger partial charge in [0.1, 0.15) is 29.7 Å². The van der Waals surface area contributed by atoms with Crippen LogP contribution in [0.5, 0.6) is 0 Å². The fourth-order valence-corrected chi connectivity index (χ4v) is 21.9. The number of carbonyl (C=O) groups is 1. The van der Waals surface area contributed by atoms with E-state index in [1.54, 1.807) is 37.4 Å². The van der Waals surface area contributed by atoms with Gasteiger partial charge >= 0.3 is 0 Å². The molecule has 1 aromatic carbocycles. The predicted molar refractivity (Wildman–Crippen MR) is 405 cm³/mol. The molecule has 21 heteroatoms. The molecule has 0 aliphatic carbocycles. The quantitative estimate of drug-likeness (QED) is 0.122. The van der Waals surface area contributed by atoms with Crippen LogP contribution in [0, 0.1) is 11.8 Å². The van der Waals surface area contributed by atoms with E-state index in [0.717, 1.165) is 17.6 Å². The van der Waals surface area contributed by atoms with E-state index in [4.69, 9.17) is 50.6 Å². The van der Waals surface area contributed by atoms with Crippen molar-refractivity contribution in [1.82, 2.24) is 0 Å². The van der Waals surface area contributed by atoms with Crippen molar-refractivity contribution in [3.05, 3.63) is 66.8 Å². The van der Waals surface area contributed by atoms with Crippen LogP contribution in [0.3, 0.4) is 0 Å². The minimum absolute atomic E-state index is 0.0396. The maximum absolute atomic E-state index is 16.5. The first kappa shape index (κ1) is 82.9. The number of sulfone groups is 1. The number of aliphatic hydroxyl groups is 1. The van der Waals surface area contributed by atoms with Gasteiger partial charge in [0, 0.05) is 32.3 Å². The molecule has 9 rings (SSSR count). The van der Waals surface area contributed by atoms with E-state index in [-0.39, 0.29) is 67.2 Å². The Hall–Kier alpha value is -1.34. The van der Waals surface area contributed by atoms with Crippen LogP contribution < -0.4 is 0 Å². The largest absolute Gasteiger partial charge is 0.414 e. The van der Waals surface area contributed by atoms with Gasteiger partial charge in [-0.3, -0.25) is 4.79 Å². The number of ketones is 1. The molecule has 0 aromatic heterocycles. The number of hydrogen-bond acceptors (Lipinski definition) is 15. The van der Waals surface area contributed by atoms with Crippen molar-refractivity contribution < 1.29 is 68.9 Å². The lowest BCUT2D eigenvalue weighted by Crippen LogP contribution is -2.69. The van der Waals surface area contributed by atoms with Gasteiger partial charge in [0.05, 0.1) is 84.7 Å². The number of hydrogen-bond donors (Lipinski definition) is 1. The third-order valence-electron chi connectivity index (χ3n) is 25.2. The van der Waals surface area contributed by atoms with E-state index in [9.17, 15) is 5.11 Å². The van der Waals surface area contributed by atoms with Gasteiger partial charge in [0.25, 0.3) is 0 Å². The van der Waals surface area contributed by atoms with Gasteiger partial charge in [0.15, 0.2) is 57.2 Å². The molecule has 5 saturated heterocycles. The highest BCUT2D eigenvalue weighted by molar-refractivity contribution is 7.92. The molecular formula is C76H136O15SSi5. The number of fused-ring (bicyclic) bond motifs is 2. The minimum Gasteiger partial charge on any atom is -0.414 e. The number of carbonyl (C=O) groups excluding carboxylic acids is 1. The summed E-state index contributed by atoms with van der Waals surface area (Å²) in [6, 6.07) is 8.40. The Labute approximate surface area is 594 Å². The highest BCUT2D eigenvalue weighted by Crippen LogP contribution is 2.51.